The average Bonchev–Trinajstić information content (AvgIpc) is 3.11. The summed E-state index contributed by atoms with van der Waals surface area (Å²) in [5.41, 5.74) is 2.27. The number of hydrogen-bond acceptors (Lipinski definition) is 5. The molecule has 2 amide bonds. The molecule has 0 saturated heterocycles. The van der Waals surface area contributed by atoms with Crippen LogP contribution < -0.4 is 10.6 Å². The summed E-state index contributed by atoms with van der Waals surface area (Å²) in [5, 5.41) is 5.65. The van der Waals surface area contributed by atoms with Crippen LogP contribution in [0.3, 0.4) is 0 Å². The van der Waals surface area contributed by atoms with Gasteiger partial charge < -0.3 is 19.9 Å². The predicted octanol–water partition coefficient (Wildman–Crippen LogP) is 2.44. The first-order chi connectivity index (χ1) is 14.0. The molecule has 1 aromatic heterocycles. The van der Waals surface area contributed by atoms with Gasteiger partial charge in [-0.25, -0.2) is 4.98 Å². The maximum absolute atomic E-state index is 12.8. The summed E-state index contributed by atoms with van der Waals surface area (Å²) in [7, 11) is 1.62. The Morgan fingerprint density at radius 3 is 2.59 bits per heavy atom. The minimum Gasteiger partial charge on any atom is -0.385 e. The van der Waals surface area contributed by atoms with Gasteiger partial charge in [0.05, 0.1) is 5.69 Å². The second-order valence-corrected chi connectivity index (χ2v) is 7.03. The van der Waals surface area contributed by atoms with Crippen LogP contribution in [0.4, 0.5) is 5.69 Å². The van der Waals surface area contributed by atoms with Gasteiger partial charge in [0.15, 0.2) is 11.6 Å². The summed E-state index contributed by atoms with van der Waals surface area (Å²) < 4.78 is 6.83. The Kier molecular flexibility index (Phi) is 6.77. The van der Waals surface area contributed by atoms with E-state index in [-0.39, 0.29) is 23.4 Å². The van der Waals surface area contributed by atoms with Gasteiger partial charge >= 0.3 is 0 Å². The third-order valence-corrected chi connectivity index (χ3v) is 4.90. The summed E-state index contributed by atoms with van der Waals surface area (Å²) >= 11 is 0. The monoisotopic (exact) mass is 398 g/mol. The Hall–Kier alpha value is -3.00. The fourth-order valence-corrected chi connectivity index (χ4v) is 3.38. The van der Waals surface area contributed by atoms with Gasteiger partial charge in [0.25, 0.3) is 11.8 Å². The molecule has 0 fully saturated rings. The number of Topliss-reactive ketones (excluding diaryl/α,β-unsaturated/α-hetero) is 1. The first-order valence-electron chi connectivity index (χ1n) is 9.80. The standard InChI is InChI=1S/C21H26N4O4/c1-14(26)15-7-9-16(10-8-15)23-21(28)19-24-18(17-6-3-4-12-25(17)19)20(27)22-11-5-13-29-2/h7-10H,3-6,11-13H2,1-2H3,(H,22,27)(H,23,28). The number of benzene rings is 1. The lowest BCUT2D eigenvalue weighted by Crippen LogP contribution is -2.27. The molecule has 0 bridgehead atoms. The molecule has 1 aliphatic heterocycles. The van der Waals surface area contributed by atoms with Crippen LogP contribution in [0.1, 0.15) is 63.3 Å². The number of ether oxygens (including phenoxy) is 1. The van der Waals surface area contributed by atoms with Gasteiger partial charge in [-0.3, -0.25) is 14.4 Å². The van der Waals surface area contributed by atoms with Gasteiger partial charge in [-0.05, 0) is 56.9 Å². The molecule has 2 heterocycles. The van der Waals surface area contributed by atoms with Crippen LogP contribution in [0.15, 0.2) is 24.3 Å². The minimum atomic E-state index is -0.373. The molecule has 0 radical (unpaired) electrons. The van der Waals surface area contributed by atoms with E-state index in [4.69, 9.17) is 4.74 Å². The number of aromatic nitrogens is 2. The summed E-state index contributed by atoms with van der Waals surface area (Å²) in [6.07, 6.45) is 3.32. The normalized spacial score (nSPS) is 12.9. The van der Waals surface area contributed by atoms with Gasteiger partial charge in [-0.1, -0.05) is 0 Å². The SMILES string of the molecule is COCCCNC(=O)c1nc(C(=O)Nc2ccc(C(C)=O)cc2)n2c1CCCC2. The number of nitrogens with one attached hydrogen (secondary N) is 2. The van der Waals surface area contributed by atoms with Crippen molar-refractivity contribution in [1.82, 2.24) is 14.9 Å². The molecule has 8 heteroatoms. The van der Waals surface area contributed by atoms with E-state index in [0.717, 1.165) is 18.5 Å². The lowest BCUT2D eigenvalue weighted by atomic mass is 10.1. The Morgan fingerprint density at radius 2 is 1.90 bits per heavy atom. The number of hydrogen-bond donors (Lipinski definition) is 2. The Morgan fingerprint density at radius 1 is 1.14 bits per heavy atom. The number of anilines is 1. The fraction of sp³-hybridized carbons (Fsp3) is 0.429. The number of ketones is 1. The van der Waals surface area contributed by atoms with Crippen LogP contribution in [0.25, 0.3) is 0 Å². The Balaban J connectivity index is 1.77. The molecule has 0 spiro atoms. The number of imidazole rings is 1. The molecular formula is C21H26N4O4. The third kappa shape index (κ3) is 4.89. The van der Waals surface area contributed by atoms with E-state index in [0.29, 0.717) is 49.5 Å². The van der Waals surface area contributed by atoms with Gasteiger partial charge in [0.1, 0.15) is 5.69 Å². The van der Waals surface area contributed by atoms with E-state index in [2.05, 4.69) is 15.6 Å². The highest BCUT2D eigenvalue weighted by atomic mass is 16.5. The molecule has 2 N–H and O–H groups in total. The van der Waals surface area contributed by atoms with Crippen molar-refractivity contribution in [2.24, 2.45) is 0 Å². The zero-order valence-electron chi connectivity index (χ0n) is 16.8. The van der Waals surface area contributed by atoms with Gasteiger partial charge in [0.2, 0.25) is 0 Å². The molecule has 0 saturated carbocycles. The molecule has 29 heavy (non-hydrogen) atoms. The largest absolute Gasteiger partial charge is 0.385 e. The van der Waals surface area contributed by atoms with E-state index in [1.54, 1.807) is 31.4 Å². The summed E-state index contributed by atoms with van der Waals surface area (Å²) in [5.74, 6) is -0.442. The van der Waals surface area contributed by atoms with E-state index >= 15 is 0 Å². The van der Waals surface area contributed by atoms with Crippen molar-refractivity contribution in [3.8, 4) is 0 Å². The maximum atomic E-state index is 12.8. The number of nitrogens with zero attached hydrogens (tertiary/aromatic N) is 2. The topological polar surface area (TPSA) is 102 Å². The van der Waals surface area contributed by atoms with Crippen LogP contribution in [0.5, 0.6) is 0 Å². The Labute approximate surface area is 169 Å². The van der Waals surface area contributed by atoms with E-state index in [9.17, 15) is 14.4 Å². The fourth-order valence-electron chi connectivity index (χ4n) is 3.38. The molecule has 0 aliphatic carbocycles. The first kappa shape index (κ1) is 20.7. The molecule has 154 valence electrons. The molecular weight excluding hydrogens is 372 g/mol. The van der Waals surface area contributed by atoms with Crippen LogP contribution in [-0.2, 0) is 17.7 Å². The molecule has 2 aromatic rings. The zero-order chi connectivity index (χ0) is 20.8. The molecule has 1 aromatic carbocycles. The second kappa shape index (κ2) is 9.47. The van der Waals surface area contributed by atoms with Crippen molar-refractivity contribution in [1.29, 1.82) is 0 Å². The van der Waals surface area contributed by atoms with Crippen molar-refractivity contribution in [2.45, 2.75) is 39.2 Å². The van der Waals surface area contributed by atoms with Crippen LogP contribution in [0.2, 0.25) is 0 Å². The molecule has 0 atom stereocenters. The summed E-state index contributed by atoms with van der Waals surface area (Å²) in [6.45, 7) is 3.21. The molecule has 3 rings (SSSR count). The lowest BCUT2D eigenvalue weighted by Gasteiger charge is -2.17. The van der Waals surface area contributed by atoms with E-state index in [1.165, 1.54) is 6.92 Å². The number of fused-ring (bicyclic) bond motifs is 1. The highest BCUT2D eigenvalue weighted by molar-refractivity contribution is 6.04. The van der Waals surface area contributed by atoms with Gasteiger partial charge in [0, 0.05) is 38.1 Å². The number of amides is 2. The lowest BCUT2D eigenvalue weighted by molar-refractivity contribution is 0.0941. The molecule has 8 nitrogen and oxygen atoms in total. The number of carbonyl (C=O) groups excluding carboxylic acids is 3. The van der Waals surface area contributed by atoms with Gasteiger partial charge in [-0.2, -0.15) is 0 Å². The van der Waals surface area contributed by atoms with Crippen LogP contribution in [0, 0.1) is 0 Å². The summed E-state index contributed by atoms with van der Waals surface area (Å²) in [4.78, 5) is 41.2. The molecule has 0 unspecified atom stereocenters. The third-order valence-electron chi connectivity index (χ3n) is 4.90. The minimum absolute atomic E-state index is 0.0358. The second-order valence-electron chi connectivity index (χ2n) is 7.03. The highest BCUT2D eigenvalue weighted by Gasteiger charge is 2.27. The van der Waals surface area contributed by atoms with Crippen molar-refractivity contribution in [3.05, 3.63) is 47.0 Å². The maximum Gasteiger partial charge on any atom is 0.291 e. The number of carbonyl (C=O) groups is 3. The van der Waals surface area contributed by atoms with Gasteiger partial charge in [-0.15, -0.1) is 0 Å². The van der Waals surface area contributed by atoms with E-state index in [1.807, 2.05) is 4.57 Å². The number of rotatable bonds is 8. The Bertz CT molecular complexity index is 902. The van der Waals surface area contributed by atoms with Crippen LogP contribution in [-0.4, -0.2) is 47.4 Å². The van der Waals surface area contributed by atoms with Crippen LogP contribution >= 0.6 is 0 Å². The summed E-state index contributed by atoms with van der Waals surface area (Å²) in [6, 6.07) is 6.69. The predicted molar refractivity (Wildman–Crippen MR) is 108 cm³/mol. The average molecular weight is 398 g/mol. The van der Waals surface area contributed by atoms with E-state index < -0.39 is 0 Å². The molecule has 1 aliphatic rings. The highest BCUT2D eigenvalue weighted by Crippen LogP contribution is 2.22. The van der Waals surface area contributed by atoms with Crippen molar-refractivity contribution in [2.75, 3.05) is 25.6 Å². The number of methoxy groups -OCH3 is 1. The van der Waals surface area contributed by atoms with Crippen molar-refractivity contribution < 1.29 is 19.1 Å². The smallest absolute Gasteiger partial charge is 0.291 e. The van der Waals surface area contributed by atoms with Crippen molar-refractivity contribution >= 4 is 23.3 Å². The zero-order valence-corrected chi connectivity index (χ0v) is 16.8. The quantitative estimate of drug-likeness (QED) is 0.525. The van der Waals surface area contributed by atoms with Crippen molar-refractivity contribution in [3.63, 3.8) is 0 Å². The first-order valence-corrected chi connectivity index (χ1v) is 9.80.